The molecule has 0 aliphatic heterocycles. The number of hydrogen-bond acceptors (Lipinski definition) is 4. The van der Waals surface area contributed by atoms with Gasteiger partial charge in [-0.1, -0.05) is 47.6 Å². The van der Waals surface area contributed by atoms with E-state index in [0.29, 0.717) is 18.0 Å². The maximum atomic E-state index is 12.6. The molecule has 1 aliphatic carbocycles. The van der Waals surface area contributed by atoms with Crippen LogP contribution in [0.25, 0.3) is 11.3 Å². The van der Waals surface area contributed by atoms with E-state index in [9.17, 15) is 4.79 Å². The summed E-state index contributed by atoms with van der Waals surface area (Å²) in [6.07, 6.45) is 4.75. The Kier molecular flexibility index (Phi) is 5.76. The highest BCUT2D eigenvalue weighted by Gasteiger charge is 2.19. The van der Waals surface area contributed by atoms with Crippen LogP contribution in [0.3, 0.4) is 0 Å². The van der Waals surface area contributed by atoms with Crippen molar-refractivity contribution in [2.45, 2.75) is 31.7 Å². The maximum Gasteiger partial charge on any atom is 0.273 e. The van der Waals surface area contributed by atoms with Crippen molar-refractivity contribution in [1.29, 1.82) is 0 Å². The van der Waals surface area contributed by atoms with Crippen molar-refractivity contribution in [3.8, 4) is 11.3 Å². The lowest BCUT2D eigenvalue weighted by atomic mass is 9.90. The second-order valence-electron chi connectivity index (χ2n) is 7.87. The number of aryl methyl sites for hydroxylation is 2. The lowest BCUT2D eigenvalue weighted by molar-refractivity contribution is 0.0933. The second kappa shape index (κ2) is 8.62. The Morgan fingerprint density at radius 1 is 1.07 bits per heavy atom. The molecular formula is C24H27N3O2. The first-order valence-electron chi connectivity index (χ1n) is 10.2. The molecule has 1 aliphatic rings. The topological polar surface area (TPSA) is 58.4 Å². The highest BCUT2D eigenvalue weighted by Crippen LogP contribution is 2.28. The summed E-state index contributed by atoms with van der Waals surface area (Å²) in [5.74, 6) is 0.413. The second-order valence-corrected chi connectivity index (χ2v) is 7.87. The van der Waals surface area contributed by atoms with Gasteiger partial charge in [0.15, 0.2) is 11.5 Å². The van der Waals surface area contributed by atoms with Crippen molar-refractivity contribution in [2.24, 2.45) is 0 Å². The van der Waals surface area contributed by atoms with Crippen molar-refractivity contribution < 1.29 is 9.32 Å². The Balaban J connectivity index is 1.44. The zero-order valence-corrected chi connectivity index (χ0v) is 17.0. The van der Waals surface area contributed by atoms with Gasteiger partial charge in [0.2, 0.25) is 0 Å². The third kappa shape index (κ3) is 4.40. The molecule has 0 fully saturated rings. The van der Waals surface area contributed by atoms with Crippen LogP contribution < -0.4 is 5.32 Å². The molecule has 0 saturated carbocycles. The number of benzene rings is 2. The van der Waals surface area contributed by atoms with E-state index >= 15 is 0 Å². The van der Waals surface area contributed by atoms with Gasteiger partial charge in [0.25, 0.3) is 5.91 Å². The van der Waals surface area contributed by atoms with Gasteiger partial charge < -0.3 is 14.7 Å². The number of nitrogens with one attached hydrogen (secondary N) is 1. The van der Waals surface area contributed by atoms with Crippen molar-refractivity contribution in [2.75, 3.05) is 20.6 Å². The minimum Gasteiger partial charge on any atom is -0.355 e. The molecule has 0 saturated heterocycles. The number of fused-ring (bicyclic) bond motifs is 1. The highest BCUT2D eigenvalue weighted by molar-refractivity contribution is 5.93. The Labute approximate surface area is 171 Å². The number of carbonyl (C=O) groups excluding carboxylic acids is 1. The van der Waals surface area contributed by atoms with Gasteiger partial charge in [0.05, 0.1) is 6.04 Å². The van der Waals surface area contributed by atoms with Crippen LogP contribution in [0.5, 0.6) is 0 Å². The van der Waals surface area contributed by atoms with Crippen molar-refractivity contribution in [3.05, 3.63) is 77.0 Å². The van der Waals surface area contributed by atoms with Crippen LogP contribution in [-0.2, 0) is 12.8 Å². The zero-order chi connectivity index (χ0) is 20.2. The number of rotatable bonds is 6. The number of nitrogens with zero attached hydrogens (tertiary/aromatic N) is 2. The summed E-state index contributed by atoms with van der Waals surface area (Å²) in [6.45, 7) is 0.497. The van der Waals surface area contributed by atoms with Gasteiger partial charge in [-0.3, -0.25) is 4.79 Å². The van der Waals surface area contributed by atoms with E-state index in [-0.39, 0.29) is 11.9 Å². The van der Waals surface area contributed by atoms with Crippen LogP contribution in [-0.4, -0.2) is 36.6 Å². The van der Waals surface area contributed by atoms with Gasteiger partial charge >= 0.3 is 0 Å². The average Bonchev–Trinajstić information content (AvgIpc) is 3.24. The molecule has 150 valence electrons. The first-order chi connectivity index (χ1) is 14.1. The quantitative estimate of drug-likeness (QED) is 0.685. The van der Waals surface area contributed by atoms with Gasteiger partial charge in [-0.15, -0.1) is 0 Å². The lowest BCUT2D eigenvalue weighted by Gasteiger charge is -2.24. The maximum absolute atomic E-state index is 12.6. The smallest absolute Gasteiger partial charge is 0.273 e. The third-order valence-corrected chi connectivity index (χ3v) is 5.64. The molecule has 1 N–H and O–H groups in total. The molecule has 3 aromatic rings. The Bertz CT molecular complexity index is 979. The number of hydrogen-bond donors (Lipinski definition) is 1. The molecular weight excluding hydrogens is 362 g/mol. The minimum atomic E-state index is -0.222. The predicted octanol–water partition coefficient (Wildman–Crippen LogP) is 4.25. The molecule has 5 nitrogen and oxygen atoms in total. The van der Waals surface area contributed by atoms with E-state index in [2.05, 4.69) is 45.7 Å². The fourth-order valence-electron chi connectivity index (χ4n) is 3.96. The van der Waals surface area contributed by atoms with Gasteiger partial charge in [-0.25, -0.2) is 0 Å². The summed E-state index contributed by atoms with van der Waals surface area (Å²) in [6, 6.07) is 18.4. The summed E-state index contributed by atoms with van der Waals surface area (Å²) in [7, 11) is 4.02. The van der Waals surface area contributed by atoms with E-state index in [1.807, 2.05) is 32.3 Å². The monoisotopic (exact) mass is 389 g/mol. The predicted molar refractivity (Wildman–Crippen MR) is 114 cm³/mol. The fraction of sp³-hybridized carbons (Fsp3) is 0.333. The van der Waals surface area contributed by atoms with Crippen LogP contribution in [0.15, 0.2) is 59.1 Å². The molecule has 1 atom stereocenters. The van der Waals surface area contributed by atoms with Gasteiger partial charge in [0.1, 0.15) is 0 Å². The van der Waals surface area contributed by atoms with Crippen LogP contribution in [0, 0.1) is 0 Å². The van der Waals surface area contributed by atoms with Crippen molar-refractivity contribution in [1.82, 2.24) is 15.4 Å². The average molecular weight is 389 g/mol. The molecule has 4 rings (SSSR count). The molecule has 1 amide bonds. The van der Waals surface area contributed by atoms with Gasteiger partial charge in [-0.2, -0.15) is 0 Å². The number of aromatic nitrogens is 1. The molecule has 1 aromatic heterocycles. The number of amides is 1. The van der Waals surface area contributed by atoms with Crippen molar-refractivity contribution >= 4 is 5.91 Å². The van der Waals surface area contributed by atoms with Crippen LogP contribution >= 0.6 is 0 Å². The van der Waals surface area contributed by atoms with E-state index in [0.717, 1.165) is 24.0 Å². The summed E-state index contributed by atoms with van der Waals surface area (Å²) < 4.78 is 5.48. The standard InChI is InChI=1S/C24H27N3O2/c1-27(2)22(18-9-4-3-5-10-18)16-25-24(28)21-15-23(29-26-21)20-13-12-17-8-6-7-11-19(17)14-20/h3-5,9-10,12-15,22H,6-8,11,16H2,1-2H3,(H,25,28)/t22-/m0/s1. The van der Waals surface area contributed by atoms with Gasteiger partial charge in [-0.05, 0) is 62.5 Å². The Morgan fingerprint density at radius 2 is 1.83 bits per heavy atom. The number of carbonyl (C=O) groups is 1. The molecule has 0 unspecified atom stereocenters. The largest absolute Gasteiger partial charge is 0.355 e. The SMILES string of the molecule is CN(C)[C@@H](CNC(=O)c1cc(-c2ccc3c(c2)CCCC3)on1)c1ccccc1. The van der Waals surface area contributed by atoms with E-state index in [1.165, 1.54) is 24.0 Å². The van der Waals surface area contributed by atoms with Crippen LogP contribution in [0.1, 0.15) is 46.1 Å². The summed E-state index contributed by atoms with van der Waals surface area (Å²) in [5, 5.41) is 6.99. The van der Waals surface area contributed by atoms with E-state index < -0.39 is 0 Å². The first-order valence-corrected chi connectivity index (χ1v) is 10.2. The molecule has 5 heteroatoms. The lowest BCUT2D eigenvalue weighted by Crippen LogP contribution is -2.34. The minimum absolute atomic E-state index is 0.0900. The molecule has 2 aromatic carbocycles. The summed E-state index contributed by atoms with van der Waals surface area (Å²) in [4.78, 5) is 14.7. The first kappa shape index (κ1) is 19.4. The Morgan fingerprint density at radius 3 is 2.59 bits per heavy atom. The van der Waals surface area contributed by atoms with E-state index in [4.69, 9.17) is 4.52 Å². The molecule has 0 spiro atoms. The Hall–Kier alpha value is -2.92. The summed E-state index contributed by atoms with van der Waals surface area (Å²) in [5.41, 5.74) is 5.25. The molecule has 1 heterocycles. The van der Waals surface area contributed by atoms with Gasteiger partial charge in [0, 0.05) is 18.2 Å². The van der Waals surface area contributed by atoms with Crippen molar-refractivity contribution in [3.63, 3.8) is 0 Å². The van der Waals surface area contributed by atoms with Crippen LogP contribution in [0.4, 0.5) is 0 Å². The van der Waals surface area contributed by atoms with E-state index in [1.54, 1.807) is 6.07 Å². The van der Waals surface area contributed by atoms with Crippen LogP contribution in [0.2, 0.25) is 0 Å². The normalized spacial score (nSPS) is 14.4. The molecule has 29 heavy (non-hydrogen) atoms. The summed E-state index contributed by atoms with van der Waals surface area (Å²) >= 11 is 0. The highest BCUT2D eigenvalue weighted by atomic mass is 16.5. The number of likely N-dealkylation sites (N-methyl/N-ethyl adjacent to an activating group) is 1. The fourth-order valence-corrected chi connectivity index (χ4v) is 3.96. The third-order valence-electron chi connectivity index (χ3n) is 5.64. The molecule has 0 bridgehead atoms. The molecule has 0 radical (unpaired) electrons. The zero-order valence-electron chi connectivity index (χ0n) is 17.0.